The molecule has 3 unspecified atom stereocenters. The number of hydrogen-bond acceptors (Lipinski definition) is 4. The first-order valence-corrected chi connectivity index (χ1v) is 7.68. The van der Waals surface area contributed by atoms with Crippen molar-refractivity contribution in [3.05, 3.63) is 35.9 Å². The van der Waals surface area contributed by atoms with Gasteiger partial charge in [0.05, 0.1) is 12.7 Å². The fourth-order valence-electron chi connectivity index (χ4n) is 3.29. The largest absolute Gasteiger partial charge is 0.465 e. The number of rotatable bonds is 5. The summed E-state index contributed by atoms with van der Waals surface area (Å²) in [4.78, 5) is 14.6. The van der Waals surface area contributed by atoms with Gasteiger partial charge in [0.2, 0.25) is 0 Å². The van der Waals surface area contributed by atoms with Gasteiger partial charge in [-0.3, -0.25) is 4.90 Å². The van der Waals surface area contributed by atoms with E-state index in [0.29, 0.717) is 19.6 Å². The van der Waals surface area contributed by atoms with Gasteiger partial charge in [-0.1, -0.05) is 30.3 Å². The van der Waals surface area contributed by atoms with Crippen LogP contribution >= 0.6 is 0 Å². The third kappa shape index (κ3) is 2.97. The number of carbonyl (C=O) groups is 1. The van der Waals surface area contributed by atoms with Crippen LogP contribution < -0.4 is 0 Å². The van der Waals surface area contributed by atoms with Crippen LogP contribution in [-0.4, -0.2) is 40.3 Å². The molecule has 4 heteroatoms. The van der Waals surface area contributed by atoms with Crippen molar-refractivity contribution in [3.63, 3.8) is 0 Å². The van der Waals surface area contributed by atoms with Crippen molar-refractivity contribution in [3.8, 4) is 0 Å². The minimum absolute atomic E-state index is 0.240. The van der Waals surface area contributed by atoms with E-state index in [9.17, 15) is 9.90 Å². The van der Waals surface area contributed by atoms with Crippen LogP contribution in [0.4, 0.5) is 0 Å². The Morgan fingerprint density at radius 1 is 1.48 bits per heavy atom. The Hall–Kier alpha value is -1.39. The van der Waals surface area contributed by atoms with Crippen LogP contribution in [-0.2, 0) is 16.1 Å². The molecule has 0 radical (unpaired) electrons. The molecule has 0 saturated carbocycles. The van der Waals surface area contributed by atoms with Crippen molar-refractivity contribution in [2.45, 2.75) is 57.8 Å². The number of carbonyl (C=O) groups excluding carboxylic acids is 1. The fraction of sp³-hybridized carbons (Fsp3) is 0.588. The van der Waals surface area contributed by atoms with Crippen molar-refractivity contribution in [2.24, 2.45) is 0 Å². The van der Waals surface area contributed by atoms with E-state index in [-0.39, 0.29) is 12.0 Å². The van der Waals surface area contributed by atoms with Gasteiger partial charge in [0.1, 0.15) is 5.54 Å². The Labute approximate surface area is 126 Å². The van der Waals surface area contributed by atoms with Gasteiger partial charge in [-0.15, -0.1) is 0 Å². The molecule has 1 saturated heterocycles. The van der Waals surface area contributed by atoms with Gasteiger partial charge in [0, 0.05) is 12.6 Å². The third-order valence-electron chi connectivity index (χ3n) is 4.50. The van der Waals surface area contributed by atoms with E-state index in [0.717, 1.165) is 12.0 Å². The van der Waals surface area contributed by atoms with Crippen LogP contribution in [0, 0.1) is 0 Å². The number of hydrogen-bond donors (Lipinski definition) is 1. The highest BCUT2D eigenvalue weighted by Crippen LogP contribution is 2.39. The summed E-state index contributed by atoms with van der Waals surface area (Å²) in [6, 6.07) is 10.3. The molecule has 1 fully saturated rings. The molecular formula is C17H25NO3. The highest BCUT2D eigenvalue weighted by molar-refractivity contribution is 5.82. The second-order valence-electron chi connectivity index (χ2n) is 5.82. The van der Waals surface area contributed by atoms with Gasteiger partial charge >= 0.3 is 5.97 Å². The summed E-state index contributed by atoms with van der Waals surface area (Å²) < 4.78 is 5.27. The maximum atomic E-state index is 12.5. The molecule has 1 aromatic rings. The minimum atomic E-state index is -0.925. The topological polar surface area (TPSA) is 49.8 Å². The van der Waals surface area contributed by atoms with Crippen LogP contribution in [0.3, 0.4) is 0 Å². The van der Waals surface area contributed by atoms with E-state index in [1.807, 2.05) is 30.3 Å². The lowest BCUT2D eigenvalue weighted by molar-refractivity contribution is -0.165. The standard InChI is InChI=1S/C17H25NO3/c1-4-21-16(20)17(14(3)19)11-10-13(2)18(17)12-15-8-6-5-7-9-15/h5-9,13-14,19H,4,10-12H2,1-3H3. The molecule has 0 amide bonds. The SMILES string of the molecule is CCOC(=O)C1(C(C)O)CCC(C)N1Cc1ccccc1. The molecule has 1 aromatic carbocycles. The first-order valence-electron chi connectivity index (χ1n) is 7.68. The molecule has 21 heavy (non-hydrogen) atoms. The van der Waals surface area contributed by atoms with Crippen LogP contribution in [0.25, 0.3) is 0 Å². The minimum Gasteiger partial charge on any atom is -0.465 e. The predicted octanol–water partition coefficient (Wildman–Crippen LogP) is 2.35. The number of benzene rings is 1. The Kier molecular flexibility index (Phi) is 5.01. The molecule has 1 aliphatic heterocycles. The third-order valence-corrected chi connectivity index (χ3v) is 4.50. The first-order chi connectivity index (χ1) is 10.0. The maximum Gasteiger partial charge on any atom is 0.329 e. The van der Waals surface area contributed by atoms with E-state index in [4.69, 9.17) is 4.74 Å². The van der Waals surface area contributed by atoms with Gasteiger partial charge in [0.25, 0.3) is 0 Å². The van der Waals surface area contributed by atoms with E-state index < -0.39 is 11.6 Å². The summed E-state index contributed by atoms with van der Waals surface area (Å²) in [5, 5.41) is 10.3. The number of ether oxygens (including phenoxy) is 1. The maximum absolute atomic E-state index is 12.5. The Balaban J connectivity index is 2.31. The van der Waals surface area contributed by atoms with Gasteiger partial charge in [-0.2, -0.15) is 0 Å². The Morgan fingerprint density at radius 2 is 2.14 bits per heavy atom. The summed E-state index contributed by atoms with van der Waals surface area (Å²) >= 11 is 0. The molecule has 4 nitrogen and oxygen atoms in total. The highest BCUT2D eigenvalue weighted by atomic mass is 16.5. The first kappa shape index (κ1) is 16.0. The summed E-state index contributed by atoms with van der Waals surface area (Å²) in [6.07, 6.45) is 0.763. The van der Waals surface area contributed by atoms with Crippen molar-refractivity contribution in [2.75, 3.05) is 6.61 Å². The quantitative estimate of drug-likeness (QED) is 0.846. The molecule has 3 atom stereocenters. The van der Waals surface area contributed by atoms with E-state index in [1.165, 1.54) is 0 Å². The van der Waals surface area contributed by atoms with E-state index in [2.05, 4.69) is 11.8 Å². The van der Waals surface area contributed by atoms with Crippen LogP contribution in [0.1, 0.15) is 39.2 Å². The lowest BCUT2D eigenvalue weighted by Gasteiger charge is -2.40. The zero-order chi connectivity index (χ0) is 15.5. The van der Waals surface area contributed by atoms with Crippen molar-refractivity contribution in [1.29, 1.82) is 0 Å². The molecule has 1 N–H and O–H groups in total. The van der Waals surface area contributed by atoms with Crippen molar-refractivity contribution < 1.29 is 14.6 Å². The number of esters is 1. The van der Waals surface area contributed by atoms with Gasteiger partial charge in [-0.05, 0) is 39.2 Å². The second kappa shape index (κ2) is 6.58. The van der Waals surface area contributed by atoms with Gasteiger partial charge < -0.3 is 9.84 Å². The molecule has 0 aliphatic carbocycles. The molecule has 1 aliphatic rings. The lowest BCUT2D eigenvalue weighted by atomic mass is 9.89. The van der Waals surface area contributed by atoms with E-state index >= 15 is 0 Å². The number of likely N-dealkylation sites (tertiary alicyclic amines) is 1. The fourth-order valence-corrected chi connectivity index (χ4v) is 3.29. The molecule has 0 spiro atoms. The van der Waals surface area contributed by atoms with Crippen LogP contribution in [0.2, 0.25) is 0 Å². The number of aliphatic hydroxyl groups excluding tert-OH is 1. The molecule has 0 bridgehead atoms. The smallest absolute Gasteiger partial charge is 0.329 e. The van der Waals surface area contributed by atoms with Gasteiger partial charge in [-0.25, -0.2) is 4.79 Å². The monoisotopic (exact) mass is 291 g/mol. The van der Waals surface area contributed by atoms with Gasteiger partial charge in [0.15, 0.2) is 0 Å². The molecule has 1 heterocycles. The average Bonchev–Trinajstić information content (AvgIpc) is 2.79. The lowest BCUT2D eigenvalue weighted by Crippen LogP contribution is -2.59. The normalized spacial score (nSPS) is 27.5. The zero-order valence-corrected chi connectivity index (χ0v) is 13.1. The summed E-state index contributed by atoms with van der Waals surface area (Å²) in [6.45, 7) is 6.57. The number of aliphatic hydroxyl groups is 1. The van der Waals surface area contributed by atoms with Crippen LogP contribution in [0.5, 0.6) is 0 Å². The summed E-state index contributed by atoms with van der Waals surface area (Å²) in [5.74, 6) is -0.305. The second-order valence-corrected chi connectivity index (χ2v) is 5.82. The van der Waals surface area contributed by atoms with Crippen LogP contribution in [0.15, 0.2) is 30.3 Å². The summed E-state index contributed by atoms with van der Waals surface area (Å²) in [7, 11) is 0. The zero-order valence-electron chi connectivity index (χ0n) is 13.1. The summed E-state index contributed by atoms with van der Waals surface area (Å²) in [5.41, 5.74) is 0.214. The Bertz CT molecular complexity index is 474. The molecular weight excluding hydrogens is 266 g/mol. The molecule has 116 valence electrons. The van der Waals surface area contributed by atoms with Crippen molar-refractivity contribution >= 4 is 5.97 Å². The van der Waals surface area contributed by atoms with Crippen molar-refractivity contribution in [1.82, 2.24) is 4.90 Å². The number of nitrogens with zero attached hydrogens (tertiary/aromatic N) is 1. The molecule has 2 rings (SSSR count). The predicted molar refractivity (Wildman–Crippen MR) is 81.7 cm³/mol. The highest BCUT2D eigenvalue weighted by Gasteiger charge is 2.54. The van der Waals surface area contributed by atoms with E-state index in [1.54, 1.807) is 13.8 Å². The molecule has 0 aromatic heterocycles. The Morgan fingerprint density at radius 3 is 2.71 bits per heavy atom. The average molecular weight is 291 g/mol.